The number of phenolic OH excluding ortho intramolecular Hbond substituents is 1. The van der Waals surface area contributed by atoms with Gasteiger partial charge in [0.15, 0.2) is 6.29 Å². The summed E-state index contributed by atoms with van der Waals surface area (Å²) in [7, 11) is 0. The highest BCUT2D eigenvalue weighted by molar-refractivity contribution is 6.09. The third-order valence-corrected chi connectivity index (χ3v) is 3.22. The number of aldehydes is 1. The van der Waals surface area contributed by atoms with Gasteiger partial charge in [-0.1, -0.05) is 12.1 Å². The van der Waals surface area contributed by atoms with E-state index in [0.29, 0.717) is 29.2 Å². The Hall–Kier alpha value is -2.40. The van der Waals surface area contributed by atoms with Crippen LogP contribution in [0.2, 0.25) is 0 Å². The number of esters is 1. The minimum Gasteiger partial charge on any atom is -0.507 e. The molecule has 102 valence electrons. The highest BCUT2D eigenvalue weighted by Gasteiger charge is 2.25. The van der Waals surface area contributed by atoms with E-state index in [1.807, 2.05) is 0 Å². The average molecular weight is 272 g/mol. The number of carbonyl (C=O) groups is 2. The van der Waals surface area contributed by atoms with Crippen LogP contribution in [0.4, 0.5) is 0 Å². The first-order chi connectivity index (χ1) is 9.70. The molecule has 1 aliphatic rings. The van der Waals surface area contributed by atoms with Crippen LogP contribution >= 0.6 is 0 Å². The second kappa shape index (κ2) is 4.94. The van der Waals surface area contributed by atoms with Gasteiger partial charge in [0.25, 0.3) is 0 Å². The van der Waals surface area contributed by atoms with E-state index in [2.05, 4.69) is 0 Å². The van der Waals surface area contributed by atoms with Crippen LogP contribution in [0.3, 0.4) is 0 Å². The van der Waals surface area contributed by atoms with E-state index in [1.165, 1.54) is 6.07 Å². The number of phenols is 1. The van der Waals surface area contributed by atoms with Crippen LogP contribution in [-0.2, 0) is 9.47 Å². The molecule has 3 rings (SSSR count). The molecule has 0 amide bonds. The maximum Gasteiger partial charge on any atom is 0.338 e. The molecule has 20 heavy (non-hydrogen) atoms. The van der Waals surface area contributed by atoms with Gasteiger partial charge < -0.3 is 14.6 Å². The molecule has 5 nitrogen and oxygen atoms in total. The second-order valence-electron chi connectivity index (χ2n) is 4.57. The van der Waals surface area contributed by atoms with E-state index in [-0.39, 0.29) is 24.0 Å². The summed E-state index contributed by atoms with van der Waals surface area (Å²) in [6, 6.07) is 7.96. The molecule has 0 saturated carbocycles. The van der Waals surface area contributed by atoms with Gasteiger partial charge in [-0.2, -0.15) is 0 Å². The predicted molar refractivity (Wildman–Crippen MR) is 71.0 cm³/mol. The van der Waals surface area contributed by atoms with Crippen molar-refractivity contribution in [1.82, 2.24) is 0 Å². The van der Waals surface area contributed by atoms with Crippen LogP contribution in [0.25, 0.3) is 10.8 Å². The van der Waals surface area contributed by atoms with Crippen molar-refractivity contribution in [3.05, 3.63) is 41.5 Å². The van der Waals surface area contributed by atoms with Crippen LogP contribution < -0.4 is 0 Å². The van der Waals surface area contributed by atoms with Gasteiger partial charge in [0.05, 0.1) is 17.7 Å². The quantitative estimate of drug-likeness (QED) is 0.522. The van der Waals surface area contributed by atoms with Gasteiger partial charge in [0, 0.05) is 0 Å². The first-order valence-corrected chi connectivity index (χ1v) is 6.19. The van der Waals surface area contributed by atoms with Crippen LogP contribution in [-0.4, -0.2) is 36.7 Å². The van der Waals surface area contributed by atoms with Gasteiger partial charge in [0.1, 0.15) is 18.5 Å². The molecule has 1 N–H and O–H groups in total. The third-order valence-electron chi connectivity index (χ3n) is 3.22. The zero-order valence-electron chi connectivity index (χ0n) is 10.5. The molecular weight excluding hydrogens is 260 g/mol. The first kappa shape index (κ1) is 12.6. The number of ether oxygens (including phenoxy) is 2. The molecule has 0 aliphatic carbocycles. The molecule has 1 aliphatic heterocycles. The molecule has 0 radical (unpaired) electrons. The Morgan fingerprint density at radius 3 is 2.85 bits per heavy atom. The number of fused-ring (bicyclic) bond motifs is 1. The molecule has 0 aromatic heterocycles. The minimum absolute atomic E-state index is 0.00325. The van der Waals surface area contributed by atoms with Gasteiger partial charge in [-0.25, -0.2) is 4.79 Å². The highest BCUT2D eigenvalue weighted by Crippen LogP contribution is 2.28. The summed E-state index contributed by atoms with van der Waals surface area (Å²) in [6.07, 6.45) is 0.577. The third kappa shape index (κ3) is 2.23. The molecular formula is C15H12O5. The Morgan fingerprint density at radius 1 is 1.35 bits per heavy atom. The molecule has 1 saturated heterocycles. The Bertz CT molecular complexity index is 688. The maximum atomic E-state index is 12.0. The van der Waals surface area contributed by atoms with Crippen molar-refractivity contribution >= 4 is 23.0 Å². The van der Waals surface area contributed by atoms with E-state index in [0.717, 1.165) is 0 Å². The molecule has 1 atom stereocenters. The fourth-order valence-electron chi connectivity index (χ4n) is 2.08. The van der Waals surface area contributed by atoms with E-state index in [9.17, 15) is 14.7 Å². The lowest BCUT2D eigenvalue weighted by atomic mass is 10.00. The maximum absolute atomic E-state index is 12.0. The summed E-state index contributed by atoms with van der Waals surface area (Å²) in [5.74, 6) is -0.571. The fourth-order valence-corrected chi connectivity index (χ4v) is 2.08. The van der Waals surface area contributed by atoms with Crippen LogP contribution in [0.5, 0.6) is 5.75 Å². The van der Waals surface area contributed by atoms with Crippen LogP contribution in [0, 0.1) is 0 Å². The number of carbonyl (C=O) groups excluding carboxylic acids is 2. The fraction of sp³-hybridized carbons (Fsp3) is 0.200. The monoisotopic (exact) mass is 272 g/mol. The van der Waals surface area contributed by atoms with Crippen LogP contribution in [0.15, 0.2) is 30.3 Å². The molecule has 1 unspecified atom stereocenters. The van der Waals surface area contributed by atoms with E-state index < -0.39 is 5.97 Å². The number of epoxide rings is 1. The number of benzene rings is 2. The Labute approximate surface area is 114 Å². The van der Waals surface area contributed by atoms with Gasteiger partial charge in [0.2, 0.25) is 0 Å². The molecule has 1 fully saturated rings. The van der Waals surface area contributed by atoms with Crippen molar-refractivity contribution in [2.45, 2.75) is 6.10 Å². The highest BCUT2D eigenvalue weighted by atomic mass is 16.6. The number of hydrogen-bond donors (Lipinski definition) is 1. The summed E-state index contributed by atoms with van der Waals surface area (Å²) < 4.78 is 10.1. The molecule has 2 aromatic carbocycles. The zero-order valence-corrected chi connectivity index (χ0v) is 10.5. The number of rotatable bonds is 4. The van der Waals surface area contributed by atoms with Crippen molar-refractivity contribution < 1.29 is 24.2 Å². The smallest absolute Gasteiger partial charge is 0.338 e. The lowest BCUT2D eigenvalue weighted by Crippen LogP contribution is -2.10. The Balaban J connectivity index is 2.02. The van der Waals surface area contributed by atoms with E-state index in [4.69, 9.17) is 9.47 Å². The number of aromatic hydroxyl groups is 1. The van der Waals surface area contributed by atoms with Crippen molar-refractivity contribution in [2.75, 3.05) is 13.2 Å². The SMILES string of the molecule is O=Cc1c(O)ccc2c(C(=O)OCC3CO3)cccc12. The lowest BCUT2D eigenvalue weighted by Gasteiger charge is -2.08. The van der Waals surface area contributed by atoms with E-state index >= 15 is 0 Å². The Morgan fingerprint density at radius 2 is 2.15 bits per heavy atom. The predicted octanol–water partition coefficient (Wildman–Crippen LogP) is 1.91. The van der Waals surface area contributed by atoms with Gasteiger partial charge in [-0.15, -0.1) is 0 Å². The summed E-state index contributed by atoms with van der Waals surface area (Å²) in [5.41, 5.74) is 0.536. The molecule has 0 spiro atoms. The topological polar surface area (TPSA) is 76.1 Å². The normalized spacial score (nSPS) is 16.9. The standard InChI is InChI=1S/C15H12O5/c16-6-13-10-2-1-3-12(11(10)4-5-14(13)17)15(18)20-8-9-7-19-9/h1-6,9,17H,7-8H2. The summed E-state index contributed by atoms with van der Waals surface area (Å²) in [6.45, 7) is 0.847. The molecule has 1 heterocycles. The van der Waals surface area contributed by atoms with Crippen LogP contribution in [0.1, 0.15) is 20.7 Å². The summed E-state index contributed by atoms with van der Waals surface area (Å²) in [5, 5.41) is 10.8. The minimum atomic E-state index is -0.464. The number of hydrogen-bond acceptors (Lipinski definition) is 5. The summed E-state index contributed by atoms with van der Waals surface area (Å²) >= 11 is 0. The molecule has 0 bridgehead atoms. The van der Waals surface area contributed by atoms with Crippen molar-refractivity contribution in [2.24, 2.45) is 0 Å². The largest absolute Gasteiger partial charge is 0.507 e. The summed E-state index contributed by atoms with van der Waals surface area (Å²) in [4.78, 5) is 23.1. The zero-order chi connectivity index (χ0) is 14.1. The van der Waals surface area contributed by atoms with Gasteiger partial charge in [-0.3, -0.25) is 4.79 Å². The lowest BCUT2D eigenvalue weighted by molar-refractivity contribution is 0.0479. The Kier molecular flexibility index (Phi) is 3.12. The molecule has 5 heteroatoms. The van der Waals surface area contributed by atoms with Gasteiger partial charge in [-0.05, 0) is 29.0 Å². The van der Waals surface area contributed by atoms with Crippen molar-refractivity contribution in [3.63, 3.8) is 0 Å². The average Bonchev–Trinajstić information content (AvgIpc) is 3.28. The second-order valence-corrected chi connectivity index (χ2v) is 4.57. The van der Waals surface area contributed by atoms with Crippen molar-refractivity contribution in [1.29, 1.82) is 0 Å². The van der Waals surface area contributed by atoms with Gasteiger partial charge >= 0.3 is 5.97 Å². The van der Waals surface area contributed by atoms with Crippen molar-refractivity contribution in [3.8, 4) is 5.75 Å². The first-order valence-electron chi connectivity index (χ1n) is 6.19. The molecule has 2 aromatic rings. The van der Waals surface area contributed by atoms with E-state index in [1.54, 1.807) is 24.3 Å².